The Morgan fingerprint density at radius 2 is 2.60 bits per heavy atom. The molecule has 0 aliphatic carbocycles. The van der Waals surface area contributed by atoms with E-state index in [0.717, 1.165) is 13.1 Å². The smallest absolute Gasteiger partial charge is 0.410 e. The summed E-state index contributed by atoms with van der Waals surface area (Å²) in [6, 6.07) is 0. The summed E-state index contributed by atoms with van der Waals surface area (Å²) in [6.45, 7) is 4.52. The predicted octanol–water partition coefficient (Wildman–Crippen LogP) is 0.00560. The van der Waals surface area contributed by atoms with Crippen LogP contribution in [0.15, 0.2) is 0 Å². The second-order valence-electron chi connectivity index (χ2n) is 2.12. The van der Waals surface area contributed by atoms with Gasteiger partial charge in [-0.2, -0.15) is 0 Å². The van der Waals surface area contributed by atoms with E-state index in [4.69, 9.17) is 4.74 Å². The summed E-state index contributed by atoms with van der Waals surface area (Å²) >= 11 is 0. The van der Waals surface area contributed by atoms with Crippen molar-refractivity contribution < 1.29 is 9.53 Å². The van der Waals surface area contributed by atoms with Crippen molar-refractivity contribution >= 4 is 6.09 Å². The van der Waals surface area contributed by atoms with Crippen LogP contribution < -0.4 is 5.32 Å². The minimum Gasteiger partial charge on any atom is -0.450 e. The van der Waals surface area contributed by atoms with E-state index in [9.17, 15) is 4.79 Å². The van der Waals surface area contributed by atoms with Crippen LogP contribution in [0, 0.1) is 0 Å². The minimum atomic E-state index is -0.215. The van der Waals surface area contributed by atoms with Crippen LogP contribution in [0.2, 0.25) is 0 Å². The number of hydrogen-bond acceptors (Lipinski definition) is 3. The molecule has 1 aliphatic heterocycles. The average Bonchev–Trinajstić information content (AvgIpc) is 2.38. The Kier molecular flexibility index (Phi) is 2.50. The van der Waals surface area contributed by atoms with E-state index < -0.39 is 0 Å². The molecule has 0 saturated carbocycles. The molecule has 0 aromatic rings. The highest BCUT2D eigenvalue weighted by Crippen LogP contribution is 1.95. The number of amides is 1. The van der Waals surface area contributed by atoms with Crippen LogP contribution in [0.25, 0.3) is 0 Å². The highest BCUT2D eigenvalue weighted by atomic mass is 16.6. The minimum absolute atomic E-state index is 0.215. The zero-order valence-electron chi connectivity index (χ0n) is 6.09. The van der Waals surface area contributed by atoms with Crippen molar-refractivity contribution in [2.45, 2.75) is 6.92 Å². The van der Waals surface area contributed by atoms with E-state index in [0.29, 0.717) is 13.3 Å². The first-order valence-corrected chi connectivity index (χ1v) is 3.47. The molecule has 10 heavy (non-hydrogen) atoms. The van der Waals surface area contributed by atoms with Gasteiger partial charge in [0.2, 0.25) is 0 Å². The van der Waals surface area contributed by atoms with Gasteiger partial charge < -0.3 is 4.74 Å². The van der Waals surface area contributed by atoms with Gasteiger partial charge in [0.25, 0.3) is 0 Å². The average molecular weight is 144 g/mol. The fourth-order valence-corrected chi connectivity index (χ4v) is 0.878. The maximum absolute atomic E-state index is 10.9. The second kappa shape index (κ2) is 3.41. The number of rotatable bonds is 1. The van der Waals surface area contributed by atoms with Crippen LogP contribution in [0.3, 0.4) is 0 Å². The number of nitrogens with zero attached hydrogens (tertiary/aromatic N) is 1. The summed E-state index contributed by atoms with van der Waals surface area (Å²) in [5.41, 5.74) is 0. The monoisotopic (exact) mass is 144 g/mol. The molecule has 0 unspecified atom stereocenters. The molecule has 0 atom stereocenters. The SMILES string of the molecule is CCOC(=O)N1CCNC1. The van der Waals surface area contributed by atoms with Crippen LogP contribution in [-0.4, -0.2) is 37.4 Å². The molecule has 1 aliphatic rings. The normalized spacial score (nSPS) is 17.5. The predicted molar refractivity (Wildman–Crippen MR) is 36.6 cm³/mol. The standard InChI is InChI=1S/C6H12N2O2/c1-2-10-6(9)8-4-3-7-5-8/h7H,2-5H2,1H3. The molecule has 1 N–H and O–H groups in total. The highest BCUT2D eigenvalue weighted by Gasteiger charge is 2.17. The maximum atomic E-state index is 10.9. The molecular weight excluding hydrogens is 132 g/mol. The third-order valence-corrected chi connectivity index (χ3v) is 1.39. The number of ether oxygens (including phenoxy) is 1. The van der Waals surface area contributed by atoms with E-state index in [1.807, 2.05) is 0 Å². The number of carbonyl (C=O) groups excluding carboxylic acids is 1. The van der Waals surface area contributed by atoms with Crippen LogP contribution in [0.1, 0.15) is 6.92 Å². The molecule has 1 heterocycles. The molecule has 0 radical (unpaired) electrons. The Hall–Kier alpha value is -0.770. The van der Waals surface area contributed by atoms with Crippen molar-refractivity contribution in [3.63, 3.8) is 0 Å². The molecule has 4 heteroatoms. The quantitative estimate of drug-likeness (QED) is 0.563. The second-order valence-corrected chi connectivity index (χ2v) is 2.12. The molecule has 0 bridgehead atoms. The van der Waals surface area contributed by atoms with Gasteiger partial charge in [-0.1, -0.05) is 0 Å². The van der Waals surface area contributed by atoms with Crippen LogP contribution in [-0.2, 0) is 4.74 Å². The van der Waals surface area contributed by atoms with Crippen molar-refractivity contribution in [2.75, 3.05) is 26.4 Å². The van der Waals surface area contributed by atoms with E-state index in [2.05, 4.69) is 5.32 Å². The van der Waals surface area contributed by atoms with Crippen molar-refractivity contribution in [1.29, 1.82) is 0 Å². The Bertz CT molecular complexity index is 121. The molecular formula is C6H12N2O2. The van der Waals surface area contributed by atoms with E-state index in [1.165, 1.54) is 0 Å². The topological polar surface area (TPSA) is 41.6 Å². The van der Waals surface area contributed by atoms with Gasteiger partial charge in [0.1, 0.15) is 0 Å². The first-order chi connectivity index (χ1) is 4.84. The molecule has 58 valence electrons. The van der Waals surface area contributed by atoms with Crippen molar-refractivity contribution in [2.24, 2.45) is 0 Å². The van der Waals surface area contributed by atoms with Gasteiger partial charge in [-0.3, -0.25) is 10.2 Å². The Balaban J connectivity index is 2.25. The molecule has 1 saturated heterocycles. The van der Waals surface area contributed by atoms with Gasteiger partial charge in [-0.15, -0.1) is 0 Å². The lowest BCUT2D eigenvalue weighted by Crippen LogP contribution is -2.30. The lowest BCUT2D eigenvalue weighted by molar-refractivity contribution is 0.115. The number of nitrogens with one attached hydrogen (secondary N) is 1. The first-order valence-electron chi connectivity index (χ1n) is 3.47. The molecule has 4 nitrogen and oxygen atoms in total. The van der Waals surface area contributed by atoms with E-state index in [-0.39, 0.29) is 6.09 Å². The van der Waals surface area contributed by atoms with Gasteiger partial charge >= 0.3 is 6.09 Å². The van der Waals surface area contributed by atoms with E-state index in [1.54, 1.807) is 11.8 Å². The first kappa shape index (κ1) is 7.34. The fraction of sp³-hybridized carbons (Fsp3) is 0.833. The maximum Gasteiger partial charge on any atom is 0.410 e. The van der Waals surface area contributed by atoms with E-state index >= 15 is 0 Å². The lowest BCUT2D eigenvalue weighted by atomic mass is 10.6. The molecule has 0 spiro atoms. The van der Waals surface area contributed by atoms with Gasteiger partial charge in [0.05, 0.1) is 13.3 Å². The Morgan fingerprint density at radius 1 is 1.80 bits per heavy atom. The fourth-order valence-electron chi connectivity index (χ4n) is 0.878. The van der Waals surface area contributed by atoms with Gasteiger partial charge in [-0.25, -0.2) is 4.79 Å². The van der Waals surface area contributed by atoms with Crippen molar-refractivity contribution in [3.8, 4) is 0 Å². The molecule has 0 aromatic heterocycles. The molecule has 1 amide bonds. The summed E-state index contributed by atoms with van der Waals surface area (Å²) in [5, 5.41) is 3.04. The zero-order chi connectivity index (χ0) is 7.40. The molecule has 1 fully saturated rings. The van der Waals surface area contributed by atoms with Crippen molar-refractivity contribution in [1.82, 2.24) is 10.2 Å². The lowest BCUT2D eigenvalue weighted by Gasteiger charge is -2.12. The summed E-state index contributed by atoms with van der Waals surface area (Å²) in [5.74, 6) is 0. The highest BCUT2D eigenvalue weighted by molar-refractivity contribution is 5.67. The van der Waals surface area contributed by atoms with Gasteiger partial charge in [0, 0.05) is 13.1 Å². The molecule has 1 rings (SSSR count). The largest absolute Gasteiger partial charge is 0.450 e. The zero-order valence-corrected chi connectivity index (χ0v) is 6.09. The van der Waals surface area contributed by atoms with Crippen LogP contribution in [0.4, 0.5) is 4.79 Å². The number of hydrogen-bond donors (Lipinski definition) is 1. The summed E-state index contributed by atoms with van der Waals surface area (Å²) in [4.78, 5) is 12.6. The van der Waals surface area contributed by atoms with Gasteiger partial charge in [0.15, 0.2) is 0 Å². The summed E-state index contributed by atoms with van der Waals surface area (Å²) < 4.78 is 4.77. The molecule has 0 aromatic carbocycles. The summed E-state index contributed by atoms with van der Waals surface area (Å²) in [7, 11) is 0. The van der Waals surface area contributed by atoms with Crippen molar-refractivity contribution in [3.05, 3.63) is 0 Å². The summed E-state index contributed by atoms with van der Waals surface area (Å²) in [6.07, 6.45) is -0.215. The Morgan fingerprint density at radius 3 is 3.10 bits per heavy atom. The third kappa shape index (κ3) is 1.60. The third-order valence-electron chi connectivity index (χ3n) is 1.39. The Labute approximate surface area is 60.1 Å². The van der Waals surface area contributed by atoms with Crippen LogP contribution >= 0.6 is 0 Å². The van der Waals surface area contributed by atoms with Crippen LogP contribution in [0.5, 0.6) is 0 Å². The number of carbonyl (C=O) groups is 1. The van der Waals surface area contributed by atoms with Gasteiger partial charge in [-0.05, 0) is 6.92 Å².